The topological polar surface area (TPSA) is 100 Å². The number of carbonyl (C=O) groups is 3. The first-order valence-corrected chi connectivity index (χ1v) is 16.5. The van der Waals surface area contributed by atoms with Crippen molar-refractivity contribution >= 4 is 74.2 Å². The van der Waals surface area contributed by atoms with Gasteiger partial charge in [0.15, 0.2) is 4.34 Å². The van der Waals surface area contributed by atoms with Crippen molar-refractivity contribution in [1.29, 1.82) is 0 Å². The summed E-state index contributed by atoms with van der Waals surface area (Å²) in [5.41, 5.74) is 4.22. The molecule has 1 atom stereocenters. The molecule has 0 aliphatic heterocycles. The molecule has 0 unspecified atom stereocenters. The van der Waals surface area contributed by atoms with Crippen molar-refractivity contribution in [2.24, 2.45) is 0 Å². The molecule has 1 aromatic heterocycles. The first-order chi connectivity index (χ1) is 20.9. The summed E-state index contributed by atoms with van der Waals surface area (Å²) in [5.74, 6) is -0.0241. The molecular formula is C33H30N4O3S3. The molecule has 0 aliphatic carbocycles. The second-order valence-corrected chi connectivity index (χ2v) is 13.2. The Hall–Kier alpha value is -4.12. The van der Waals surface area contributed by atoms with E-state index < -0.39 is 5.25 Å². The SMILES string of the molecule is C[C@@H](SCC(=O)Nc1ccccc1)C(=O)Nc1ccc2nc(SCC(=O)NC(c3ccccc3)c3ccccc3)sc2c1. The van der Waals surface area contributed by atoms with Gasteiger partial charge in [-0.2, -0.15) is 0 Å². The second kappa shape index (κ2) is 14.9. The Morgan fingerprint density at radius 3 is 2.02 bits per heavy atom. The van der Waals surface area contributed by atoms with Crippen LogP contribution in [0.2, 0.25) is 0 Å². The molecule has 1 heterocycles. The summed E-state index contributed by atoms with van der Waals surface area (Å²) < 4.78 is 1.69. The number of aromatic nitrogens is 1. The minimum atomic E-state index is -0.418. The number of anilines is 2. The van der Waals surface area contributed by atoms with Crippen molar-refractivity contribution in [1.82, 2.24) is 10.3 Å². The van der Waals surface area contributed by atoms with Crippen LogP contribution in [0.1, 0.15) is 24.1 Å². The van der Waals surface area contributed by atoms with Crippen LogP contribution in [-0.2, 0) is 14.4 Å². The average Bonchev–Trinajstić information content (AvgIpc) is 3.45. The first-order valence-electron chi connectivity index (χ1n) is 13.6. The minimum absolute atomic E-state index is 0.0844. The molecule has 3 N–H and O–H groups in total. The Balaban J connectivity index is 1.13. The largest absolute Gasteiger partial charge is 0.344 e. The zero-order valence-electron chi connectivity index (χ0n) is 23.4. The van der Waals surface area contributed by atoms with Gasteiger partial charge in [-0.3, -0.25) is 14.4 Å². The number of amides is 3. The van der Waals surface area contributed by atoms with Crippen LogP contribution in [0.3, 0.4) is 0 Å². The maximum Gasteiger partial charge on any atom is 0.237 e. The molecule has 0 fully saturated rings. The quantitative estimate of drug-likeness (QED) is 0.129. The van der Waals surface area contributed by atoms with Gasteiger partial charge < -0.3 is 16.0 Å². The number of thioether (sulfide) groups is 2. The van der Waals surface area contributed by atoms with Gasteiger partial charge in [-0.25, -0.2) is 4.98 Å². The minimum Gasteiger partial charge on any atom is -0.344 e. The smallest absolute Gasteiger partial charge is 0.237 e. The first kappa shape index (κ1) is 30.3. The van der Waals surface area contributed by atoms with E-state index in [0.29, 0.717) is 5.69 Å². The van der Waals surface area contributed by atoms with E-state index in [0.717, 1.165) is 31.4 Å². The van der Waals surface area contributed by atoms with E-state index in [-0.39, 0.29) is 35.3 Å². The van der Waals surface area contributed by atoms with Gasteiger partial charge in [0.2, 0.25) is 17.7 Å². The number of para-hydroxylation sites is 1. The highest BCUT2D eigenvalue weighted by atomic mass is 32.2. The Kier molecular flexibility index (Phi) is 10.5. The van der Waals surface area contributed by atoms with Gasteiger partial charge in [-0.1, -0.05) is 90.6 Å². The molecule has 43 heavy (non-hydrogen) atoms. The number of hydrogen-bond acceptors (Lipinski definition) is 7. The van der Waals surface area contributed by atoms with Crippen LogP contribution in [0.5, 0.6) is 0 Å². The van der Waals surface area contributed by atoms with E-state index in [2.05, 4.69) is 20.9 Å². The van der Waals surface area contributed by atoms with Crippen molar-refractivity contribution in [3.8, 4) is 0 Å². The molecule has 0 saturated carbocycles. The van der Waals surface area contributed by atoms with Crippen molar-refractivity contribution in [3.63, 3.8) is 0 Å². The van der Waals surface area contributed by atoms with Crippen molar-refractivity contribution < 1.29 is 14.4 Å². The number of hydrogen-bond donors (Lipinski definition) is 3. The normalized spacial score (nSPS) is 11.7. The van der Waals surface area contributed by atoms with Crippen LogP contribution in [-0.4, -0.2) is 39.5 Å². The molecule has 0 radical (unpaired) electrons. The number of rotatable bonds is 12. The predicted molar refractivity (Wildman–Crippen MR) is 179 cm³/mol. The second-order valence-electron chi connectivity index (χ2n) is 9.63. The Labute approximate surface area is 262 Å². The molecule has 10 heteroatoms. The fraction of sp³-hybridized carbons (Fsp3) is 0.152. The number of thiazole rings is 1. The Morgan fingerprint density at radius 1 is 0.744 bits per heavy atom. The van der Waals surface area contributed by atoms with Gasteiger partial charge >= 0.3 is 0 Å². The number of carbonyl (C=O) groups excluding carboxylic acids is 3. The molecule has 7 nitrogen and oxygen atoms in total. The molecule has 4 aromatic carbocycles. The lowest BCUT2D eigenvalue weighted by molar-refractivity contribution is -0.119. The summed E-state index contributed by atoms with van der Waals surface area (Å²) >= 11 is 4.14. The van der Waals surface area contributed by atoms with Gasteiger partial charge in [-0.15, -0.1) is 23.1 Å². The van der Waals surface area contributed by atoms with Gasteiger partial charge in [-0.05, 0) is 48.4 Å². The lowest BCUT2D eigenvalue weighted by Gasteiger charge is -2.19. The third-order valence-electron chi connectivity index (χ3n) is 6.43. The molecule has 3 amide bonds. The Bertz CT molecular complexity index is 1640. The lowest BCUT2D eigenvalue weighted by atomic mass is 9.99. The summed E-state index contributed by atoms with van der Waals surface area (Å²) in [6, 6.07) is 34.4. The molecule has 0 aliphatic rings. The van der Waals surface area contributed by atoms with Crippen LogP contribution >= 0.6 is 34.9 Å². The fourth-order valence-electron chi connectivity index (χ4n) is 4.26. The highest BCUT2D eigenvalue weighted by Gasteiger charge is 2.18. The van der Waals surface area contributed by atoms with Crippen molar-refractivity contribution in [2.75, 3.05) is 22.1 Å². The highest BCUT2D eigenvalue weighted by Crippen LogP contribution is 2.32. The van der Waals surface area contributed by atoms with Gasteiger partial charge in [0.1, 0.15) is 0 Å². The molecule has 0 saturated heterocycles. The molecule has 218 valence electrons. The van der Waals surface area contributed by atoms with E-state index in [4.69, 9.17) is 0 Å². The monoisotopic (exact) mass is 626 g/mol. The van der Waals surface area contributed by atoms with Crippen LogP contribution in [0.25, 0.3) is 10.2 Å². The maximum atomic E-state index is 13.0. The zero-order valence-corrected chi connectivity index (χ0v) is 25.8. The molecular weight excluding hydrogens is 597 g/mol. The standard InChI is InChI=1S/C33H30N4O3S3/c1-22(41-20-29(38)34-25-15-9-4-10-16-25)32(40)35-26-17-18-27-28(19-26)43-33(36-27)42-21-30(39)37-31(23-11-5-2-6-12-23)24-13-7-3-8-14-24/h2-19,22,31H,20-21H2,1H3,(H,34,38)(H,35,40)(H,37,39)/t22-/m1/s1. The number of nitrogens with one attached hydrogen (secondary N) is 3. The Morgan fingerprint density at radius 2 is 1.37 bits per heavy atom. The van der Waals surface area contributed by atoms with E-state index in [1.165, 1.54) is 34.9 Å². The van der Waals surface area contributed by atoms with Crippen molar-refractivity contribution in [2.45, 2.75) is 22.6 Å². The fourth-order valence-corrected chi connectivity index (χ4v) is 6.86. The van der Waals surface area contributed by atoms with Gasteiger partial charge in [0.25, 0.3) is 0 Å². The maximum absolute atomic E-state index is 13.0. The molecule has 5 rings (SSSR count). The number of nitrogens with zero attached hydrogens (tertiary/aromatic N) is 1. The van der Waals surface area contributed by atoms with Gasteiger partial charge in [0.05, 0.1) is 33.0 Å². The van der Waals surface area contributed by atoms with Crippen LogP contribution in [0.15, 0.2) is 114 Å². The summed E-state index contributed by atoms with van der Waals surface area (Å²) in [6.45, 7) is 1.78. The predicted octanol–water partition coefficient (Wildman–Crippen LogP) is 6.99. The summed E-state index contributed by atoms with van der Waals surface area (Å²) in [6.07, 6.45) is 0. The third kappa shape index (κ3) is 8.70. The third-order valence-corrected chi connectivity index (χ3v) is 9.73. The van der Waals surface area contributed by atoms with E-state index in [1.54, 1.807) is 6.92 Å². The highest BCUT2D eigenvalue weighted by molar-refractivity contribution is 8.01. The molecule has 5 aromatic rings. The number of benzene rings is 4. The van der Waals surface area contributed by atoms with E-state index in [1.807, 2.05) is 109 Å². The molecule has 0 spiro atoms. The van der Waals surface area contributed by atoms with E-state index in [9.17, 15) is 14.4 Å². The van der Waals surface area contributed by atoms with Gasteiger partial charge in [0, 0.05) is 11.4 Å². The van der Waals surface area contributed by atoms with Crippen LogP contribution < -0.4 is 16.0 Å². The number of fused-ring (bicyclic) bond motifs is 1. The lowest BCUT2D eigenvalue weighted by Crippen LogP contribution is -2.30. The molecule has 0 bridgehead atoms. The van der Waals surface area contributed by atoms with Crippen molar-refractivity contribution in [3.05, 3.63) is 120 Å². The summed E-state index contributed by atoms with van der Waals surface area (Å²) in [7, 11) is 0. The van der Waals surface area contributed by atoms with Crippen LogP contribution in [0.4, 0.5) is 11.4 Å². The zero-order chi connectivity index (χ0) is 30.0. The van der Waals surface area contributed by atoms with Crippen LogP contribution in [0, 0.1) is 0 Å². The summed E-state index contributed by atoms with van der Waals surface area (Å²) in [4.78, 5) is 42.6. The summed E-state index contributed by atoms with van der Waals surface area (Å²) in [5, 5.41) is 8.51. The van der Waals surface area contributed by atoms with E-state index >= 15 is 0 Å². The average molecular weight is 627 g/mol.